The number of halogens is 3. The Balaban J connectivity index is 2.40. The smallest absolute Gasteiger partial charge is 0.244 e. The van der Waals surface area contributed by atoms with E-state index in [1.54, 1.807) is 10.9 Å². The molecule has 0 unspecified atom stereocenters. The van der Waals surface area contributed by atoms with E-state index >= 15 is 0 Å². The summed E-state index contributed by atoms with van der Waals surface area (Å²) in [5, 5.41) is 2.19. The second kappa shape index (κ2) is 6.81. The Morgan fingerprint density at radius 3 is 2.62 bits per heavy atom. The van der Waals surface area contributed by atoms with Crippen molar-refractivity contribution in [3.63, 3.8) is 0 Å². The van der Waals surface area contributed by atoms with Crippen LogP contribution < -0.4 is 0 Å². The summed E-state index contributed by atoms with van der Waals surface area (Å²) in [4.78, 5) is 4.06. The molecule has 0 aliphatic carbocycles. The van der Waals surface area contributed by atoms with Crippen molar-refractivity contribution in [1.29, 1.82) is 0 Å². The van der Waals surface area contributed by atoms with Gasteiger partial charge in [0.15, 0.2) is 0 Å². The van der Waals surface area contributed by atoms with Crippen LogP contribution in [0.5, 0.6) is 0 Å². The van der Waals surface area contributed by atoms with Crippen LogP contribution in [0.3, 0.4) is 0 Å². The Morgan fingerprint density at radius 2 is 2.05 bits per heavy atom. The Hall–Kier alpha value is -0.370. The molecule has 0 aliphatic heterocycles. The number of hydrogen-bond acceptors (Lipinski definition) is 4. The third-order valence-corrected chi connectivity index (χ3v) is 6.49. The molecule has 9 heteroatoms. The Morgan fingerprint density at radius 1 is 1.33 bits per heavy atom. The highest BCUT2D eigenvalue weighted by molar-refractivity contribution is 7.89. The van der Waals surface area contributed by atoms with Crippen molar-refractivity contribution in [2.75, 3.05) is 7.05 Å². The highest BCUT2D eigenvalue weighted by Gasteiger charge is 2.26. The summed E-state index contributed by atoms with van der Waals surface area (Å²) in [6.07, 6.45) is 0. The Labute approximate surface area is 142 Å². The maximum Gasteiger partial charge on any atom is 0.244 e. The molecule has 0 aliphatic rings. The monoisotopic (exact) mass is 384 g/mol. The van der Waals surface area contributed by atoms with E-state index in [-0.39, 0.29) is 22.3 Å². The molecular formula is C12H11Cl3N2O2S2. The number of thiazole rings is 1. The lowest BCUT2D eigenvalue weighted by atomic mass is 10.2. The van der Waals surface area contributed by atoms with Gasteiger partial charge in [-0.15, -0.1) is 22.9 Å². The summed E-state index contributed by atoms with van der Waals surface area (Å²) >= 11 is 19.3. The molecule has 0 radical (unpaired) electrons. The van der Waals surface area contributed by atoms with Crippen molar-refractivity contribution in [3.05, 3.63) is 44.3 Å². The van der Waals surface area contributed by atoms with Gasteiger partial charge in [0.25, 0.3) is 0 Å². The number of hydrogen-bond donors (Lipinski definition) is 0. The van der Waals surface area contributed by atoms with Crippen LogP contribution in [0.25, 0.3) is 0 Å². The molecule has 0 amide bonds. The van der Waals surface area contributed by atoms with E-state index in [9.17, 15) is 8.42 Å². The van der Waals surface area contributed by atoms with Gasteiger partial charge in [0.1, 0.15) is 4.90 Å². The van der Waals surface area contributed by atoms with Crippen LogP contribution in [-0.4, -0.2) is 24.8 Å². The summed E-state index contributed by atoms with van der Waals surface area (Å²) in [7, 11) is -2.27. The fraction of sp³-hybridized carbons (Fsp3) is 0.250. The molecule has 0 saturated carbocycles. The van der Waals surface area contributed by atoms with Crippen molar-refractivity contribution in [2.45, 2.75) is 17.3 Å². The number of rotatable bonds is 5. The van der Waals surface area contributed by atoms with E-state index in [4.69, 9.17) is 34.8 Å². The van der Waals surface area contributed by atoms with Crippen LogP contribution in [0, 0.1) is 0 Å². The normalized spacial score (nSPS) is 12.0. The first-order chi connectivity index (χ1) is 9.87. The van der Waals surface area contributed by atoms with E-state index in [0.29, 0.717) is 16.3 Å². The van der Waals surface area contributed by atoms with Crippen molar-refractivity contribution in [3.8, 4) is 0 Å². The topological polar surface area (TPSA) is 50.3 Å². The lowest BCUT2D eigenvalue weighted by Crippen LogP contribution is -2.27. The molecule has 1 aromatic carbocycles. The number of aromatic nitrogens is 1. The highest BCUT2D eigenvalue weighted by atomic mass is 35.5. The molecule has 0 spiro atoms. The quantitative estimate of drug-likeness (QED) is 0.731. The molecule has 21 heavy (non-hydrogen) atoms. The van der Waals surface area contributed by atoms with Crippen LogP contribution in [-0.2, 0) is 22.4 Å². The van der Waals surface area contributed by atoms with Gasteiger partial charge in [-0.2, -0.15) is 4.31 Å². The van der Waals surface area contributed by atoms with Gasteiger partial charge in [0.2, 0.25) is 10.0 Å². The molecule has 2 aromatic rings. The van der Waals surface area contributed by atoms with Gasteiger partial charge in [0, 0.05) is 23.0 Å². The molecule has 1 aromatic heterocycles. The largest absolute Gasteiger partial charge is 0.248 e. The average molecular weight is 386 g/mol. The molecule has 4 nitrogen and oxygen atoms in total. The molecule has 0 bridgehead atoms. The van der Waals surface area contributed by atoms with Crippen molar-refractivity contribution in [1.82, 2.24) is 9.29 Å². The number of sulfonamides is 1. The first kappa shape index (κ1) is 17.0. The fourth-order valence-electron chi connectivity index (χ4n) is 1.69. The zero-order valence-electron chi connectivity index (χ0n) is 10.9. The first-order valence-corrected chi connectivity index (χ1v) is 9.41. The number of nitrogens with zero attached hydrogens (tertiary/aromatic N) is 2. The molecule has 0 atom stereocenters. The maximum atomic E-state index is 12.6. The molecule has 0 saturated heterocycles. The summed E-state index contributed by atoms with van der Waals surface area (Å²) in [5.41, 5.74) is 2.73. The van der Waals surface area contributed by atoms with Crippen LogP contribution in [0.15, 0.2) is 27.9 Å². The number of benzene rings is 1. The van der Waals surface area contributed by atoms with E-state index in [1.165, 1.54) is 34.8 Å². The van der Waals surface area contributed by atoms with E-state index in [2.05, 4.69) is 4.98 Å². The van der Waals surface area contributed by atoms with Gasteiger partial charge < -0.3 is 0 Å². The second-order valence-corrected chi connectivity index (χ2v) is 8.00. The van der Waals surface area contributed by atoms with E-state index < -0.39 is 10.0 Å². The molecule has 2 rings (SSSR count). The molecule has 0 N–H and O–H groups in total. The van der Waals surface area contributed by atoms with Crippen molar-refractivity contribution in [2.24, 2.45) is 0 Å². The average Bonchev–Trinajstić information content (AvgIpc) is 2.91. The maximum absolute atomic E-state index is 12.6. The Kier molecular flexibility index (Phi) is 5.51. The lowest BCUT2D eigenvalue weighted by Gasteiger charge is -2.18. The zero-order valence-corrected chi connectivity index (χ0v) is 14.8. The summed E-state index contributed by atoms with van der Waals surface area (Å²) < 4.78 is 26.4. The third-order valence-electron chi connectivity index (χ3n) is 2.84. The van der Waals surface area contributed by atoms with E-state index in [1.807, 2.05) is 0 Å². The molecule has 0 fully saturated rings. The van der Waals surface area contributed by atoms with Crippen LogP contribution in [0.2, 0.25) is 10.0 Å². The fourth-order valence-corrected chi connectivity index (χ4v) is 4.68. The van der Waals surface area contributed by atoms with Gasteiger partial charge >= 0.3 is 0 Å². The van der Waals surface area contributed by atoms with Gasteiger partial charge in [-0.05, 0) is 12.1 Å². The minimum absolute atomic E-state index is 0.0121. The second-order valence-electron chi connectivity index (χ2n) is 4.21. The summed E-state index contributed by atoms with van der Waals surface area (Å²) in [6.45, 7) is 0.168. The standard InChI is InChI=1S/C12H11Cl3N2O2S2/c1-17(5-8-6-20-7-16-8)21(18,19)11-3-2-10(14)9(4-13)12(11)15/h2-3,6-7H,4-5H2,1H3. The summed E-state index contributed by atoms with van der Waals surface area (Å²) in [5.74, 6) is 0.0385. The molecule has 114 valence electrons. The van der Waals surface area contributed by atoms with Gasteiger partial charge in [-0.3, -0.25) is 0 Å². The highest BCUT2D eigenvalue weighted by Crippen LogP contribution is 2.33. The molecule has 1 heterocycles. The van der Waals surface area contributed by atoms with Crippen LogP contribution in [0.1, 0.15) is 11.3 Å². The van der Waals surface area contributed by atoms with Crippen LogP contribution in [0.4, 0.5) is 0 Å². The summed E-state index contributed by atoms with van der Waals surface area (Å²) in [6, 6.07) is 2.86. The van der Waals surface area contributed by atoms with Gasteiger partial charge in [-0.25, -0.2) is 13.4 Å². The van der Waals surface area contributed by atoms with Gasteiger partial charge in [0.05, 0.1) is 28.7 Å². The lowest BCUT2D eigenvalue weighted by molar-refractivity contribution is 0.463. The zero-order chi connectivity index (χ0) is 15.6. The first-order valence-electron chi connectivity index (χ1n) is 5.74. The minimum atomic E-state index is -3.75. The SMILES string of the molecule is CN(Cc1cscn1)S(=O)(=O)c1ccc(Cl)c(CCl)c1Cl. The predicted molar refractivity (Wildman–Crippen MR) is 86.8 cm³/mol. The van der Waals surface area contributed by atoms with Crippen molar-refractivity contribution >= 4 is 56.2 Å². The third kappa shape index (κ3) is 3.52. The Bertz CT molecular complexity index is 733. The van der Waals surface area contributed by atoms with Crippen LogP contribution >= 0.6 is 46.1 Å². The number of alkyl halides is 1. The predicted octanol–water partition coefficient (Wildman–Crippen LogP) is 4.01. The van der Waals surface area contributed by atoms with Crippen molar-refractivity contribution < 1.29 is 8.42 Å². The molecular weight excluding hydrogens is 375 g/mol. The van der Waals surface area contributed by atoms with E-state index in [0.717, 1.165) is 0 Å². The minimum Gasteiger partial charge on any atom is -0.248 e. The van der Waals surface area contributed by atoms with Gasteiger partial charge in [-0.1, -0.05) is 23.2 Å².